The standard InChI is InChI=1S/C12H12ClN3O4/c1-14-4-5-15(12(18)11(14)17)7-8-6-9(16(19)20)2-3-10(8)13/h2-3,6H,4-5,7H2,1H3. The zero-order valence-corrected chi connectivity index (χ0v) is 11.5. The summed E-state index contributed by atoms with van der Waals surface area (Å²) in [6.07, 6.45) is 0. The SMILES string of the molecule is CN1CCN(Cc2cc([N+](=O)[O-])ccc2Cl)C(=O)C1=O. The number of carbonyl (C=O) groups excluding carboxylic acids is 2. The Kier molecular flexibility index (Phi) is 3.89. The van der Waals surface area contributed by atoms with Crippen molar-refractivity contribution in [2.24, 2.45) is 0 Å². The van der Waals surface area contributed by atoms with Crippen LogP contribution in [0.1, 0.15) is 5.56 Å². The molecule has 0 unspecified atom stereocenters. The lowest BCUT2D eigenvalue weighted by atomic mass is 10.1. The van der Waals surface area contributed by atoms with Crippen LogP contribution in [0.5, 0.6) is 0 Å². The van der Waals surface area contributed by atoms with Gasteiger partial charge >= 0.3 is 11.8 Å². The third kappa shape index (κ3) is 2.72. The number of nitrogens with zero attached hydrogens (tertiary/aromatic N) is 3. The van der Waals surface area contributed by atoms with Gasteiger partial charge < -0.3 is 9.80 Å². The van der Waals surface area contributed by atoms with Gasteiger partial charge in [-0.15, -0.1) is 0 Å². The molecule has 2 amide bonds. The van der Waals surface area contributed by atoms with E-state index in [4.69, 9.17) is 11.6 Å². The van der Waals surface area contributed by atoms with Crippen LogP contribution in [0.3, 0.4) is 0 Å². The topological polar surface area (TPSA) is 83.8 Å². The molecule has 1 aliphatic rings. The molecule has 2 rings (SSSR count). The van der Waals surface area contributed by atoms with E-state index in [0.717, 1.165) is 0 Å². The maximum absolute atomic E-state index is 11.8. The first-order valence-electron chi connectivity index (χ1n) is 5.87. The Bertz CT molecular complexity index is 590. The maximum Gasteiger partial charge on any atom is 0.312 e. The molecule has 0 saturated carbocycles. The van der Waals surface area contributed by atoms with E-state index in [1.54, 1.807) is 7.05 Å². The van der Waals surface area contributed by atoms with Crippen LogP contribution in [0.2, 0.25) is 5.02 Å². The Balaban J connectivity index is 2.22. The highest BCUT2D eigenvalue weighted by atomic mass is 35.5. The number of hydrogen-bond donors (Lipinski definition) is 0. The first-order valence-corrected chi connectivity index (χ1v) is 6.25. The van der Waals surface area contributed by atoms with E-state index >= 15 is 0 Å². The molecule has 7 nitrogen and oxygen atoms in total. The monoisotopic (exact) mass is 297 g/mol. The van der Waals surface area contributed by atoms with Crippen LogP contribution < -0.4 is 0 Å². The minimum atomic E-state index is -0.624. The van der Waals surface area contributed by atoms with Crippen molar-refractivity contribution in [1.29, 1.82) is 0 Å². The number of nitro groups is 1. The second-order valence-electron chi connectivity index (χ2n) is 4.49. The van der Waals surface area contributed by atoms with Crippen LogP contribution in [0, 0.1) is 10.1 Å². The number of non-ortho nitro benzene ring substituents is 1. The lowest BCUT2D eigenvalue weighted by Gasteiger charge is -2.31. The third-order valence-electron chi connectivity index (χ3n) is 3.12. The zero-order chi connectivity index (χ0) is 14.9. The highest BCUT2D eigenvalue weighted by Gasteiger charge is 2.30. The first-order chi connectivity index (χ1) is 9.40. The molecular weight excluding hydrogens is 286 g/mol. The Morgan fingerprint density at radius 1 is 1.30 bits per heavy atom. The van der Waals surface area contributed by atoms with E-state index in [2.05, 4.69) is 0 Å². The molecule has 8 heteroatoms. The van der Waals surface area contributed by atoms with Crippen molar-refractivity contribution in [2.45, 2.75) is 6.54 Å². The molecule has 20 heavy (non-hydrogen) atoms. The fourth-order valence-corrected chi connectivity index (χ4v) is 2.10. The van der Waals surface area contributed by atoms with Gasteiger partial charge in [-0.2, -0.15) is 0 Å². The lowest BCUT2D eigenvalue weighted by Crippen LogP contribution is -2.52. The number of likely N-dealkylation sites (N-methyl/N-ethyl adjacent to an activating group) is 1. The van der Waals surface area contributed by atoms with Gasteiger partial charge in [0.05, 0.1) is 4.92 Å². The van der Waals surface area contributed by atoms with E-state index in [-0.39, 0.29) is 12.2 Å². The van der Waals surface area contributed by atoms with Crippen molar-refractivity contribution in [3.05, 3.63) is 38.9 Å². The summed E-state index contributed by atoms with van der Waals surface area (Å²) in [4.78, 5) is 36.3. The van der Waals surface area contributed by atoms with E-state index in [9.17, 15) is 19.7 Å². The van der Waals surface area contributed by atoms with Gasteiger partial charge in [-0.05, 0) is 11.6 Å². The van der Waals surface area contributed by atoms with Gasteiger partial charge in [-0.3, -0.25) is 19.7 Å². The summed E-state index contributed by atoms with van der Waals surface area (Å²) < 4.78 is 0. The summed E-state index contributed by atoms with van der Waals surface area (Å²) in [7, 11) is 1.55. The third-order valence-corrected chi connectivity index (χ3v) is 3.49. The minimum Gasteiger partial charge on any atom is -0.336 e. The van der Waals surface area contributed by atoms with Crippen molar-refractivity contribution < 1.29 is 14.5 Å². The van der Waals surface area contributed by atoms with Crippen LogP contribution in [-0.2, 0) is 16.1 Å². The van der Waals surface area contributed by atoms with E-state index < -0.39 is 16.7 Å². The van der Waals surface area contributed by atoms with Crippen molar-refractivity contribution in [2.75, 3.05) is 20.1 Å². The fraction of sp³-hybridized carbons (Fsp3) is 0.333. The van der Waals surface area contributed by atoms with Crippen molar-refractivity contribution in [3.8, 4) is 0 Å². The van der Waals surface area contributed by atoms with Gasteiger partial charge in [0, 0.05) is 43.8 Å². The number of hydrogen-bond acceptors (Lipinski definition) is 4. The largest absolute Gasteiger partial charge is 0.336 e. The number of benzene rings is 1. The van der Waals surface area contributed by atoms with Gasteiger partial charge in [-0.1, -0.05) is 11.6 Å². The molecule has 1 saturated heterocycles. The zero-order valence-electron chi connectivity index (χ0n) is 10.7. The molecule has 1 aromatic carbocycles. The van der Waals surface area contributed by atoms with E-state index in [0.29, 0.717) is 23.7 Å². The van der Waals surface area contributed by atoms with Crippen molar-refractivity contribution >= 4 is 29.1 Å². The summed E-state index contributed by atoms with van der Waals surface area (Å²) in [5, 5.41) is 11.1. The molecule has 0 bridgehead atoms. The van der Waals surface area contributed by atoms with Crippen LogP contribution in [0.25, 0.3) is 0 Å². The van der Waals surface area contributed by atoms with Gasteiger partial charge in [-0.25, -0.2) is 0 Å². The molecular formula is C12H12ClN3O4. The van der Waals surface area contributed by atoms with Gasteiger partial charge in [0.1, 0.15) is 0 Å². The fourth-order valence-electron chi connectivity index (χ4n) is 1.92. The van der Waals surface area contributed by atoms with Gasteiger partial charge in [0.15, 0.2) is 0 Å². The second-order valence-corrected chi connectivity index (χ2v) is 4.89. The summed E-state index contributed by atoms with van der Waals surface area (Å²) in [6.45, 7) is 0.885. The summed E-state index contributed by atoms with van der Waals surface area (Å²) in [5.41, 5.74) is 0.351. The molecule has 1 heterocycles. The minimum absolute atomic E-state index is 0.0823. The molecule has 1 aromatic rings. The van der Waals surface area contributed by atoms with E-state index in [1.807, 2.05) is 0 Å². The molecule has 0 radical (unpaired) electrons. The number of halogens is 1. The average Bonchev–Trinajstić information content (AvgIpc) is 2.41. The molecule has 1 aliphatic heterocycles. The number of carbonyl (C=O) groups is 2. The molecule has 1 fully saturated rings. The second kappa shape index (κ2) is 5.46. The smallest absolute Gasteiger partial charge is 0.312 e. The normalized spacial score (nSPS) is 15.7. The average molecular weight is 298 g/mol. The quantitative estimate of drug-likeness (QED) is 0.474. The Morgan fingerprint density at radius 3 is 2.65 bits per heavy atom. The van der Waals surface area contributed by atoms with Crippen LogP contribution in [-0.4, -0.2) is 46.7 Å². The van der Waals surface area contributed by atoms with Crippen LogP contribution in [0.4, 0.5) is 5.69 Å². The lowest BCUT2D eigenvalue weighted by molar-refractivity contribution is -0.384. The first kappa shape index (κ1) is 14.3. The predicted molar refractivity (Wildman–Crippen MR) is 71.2 cm³/mol. The Labute approximate surface area is 119 Å². The molecule has 0 spiro atoms. The number of rotatable bonds is 3. The maximum atomic E-state index is 11.8. The predicted octanol–water partition coefficient (Wildman–Crippen LogP) is 1.05. The summed E-state index contributed by atoms with van der Waals surface area (Å²) in [5.74, 6) is -1.21. The van der Waals surface area contributed by atoms with Crippen LogP contribution in [0.15, 0.2) is 18.2 Å². The van der Waals surface area contributed by atoms with Crippen LogP contribution >= 0.6 is 11.6 Å². The highest BCUT2D eigenvalue weighted by molar-refractivity contribution is 6.35. The number of nitro benzene ring substituents is 1. The molecule has 0 aliphatic carbocycles. The highest BCUT2D eigenvalue weighted by Crippen LogP contribution is 2.24. The number of amides is 2. The Morgan fingerprint density at radius 2 is 2.00 bits per heavy atom. The van der Waals surface area contributed by atoms with Gasteiger partial charge in [0.2, 0.25) is 0 Å². The number of piperazine rings is 1. The Hall–Kier alpha value is -2.15. The molecule has 0 aromatic heterocycles. The van der Waals surface area contributed by atoms with E-state index in [1.165, 1.54) is 28.0 Å². The van der Waals surface area contributed by atoms with Crippen molar-refractivity contribution in [3.63, 3.8) is 0 Å². The van der Waals surface area contributed by atoms with Crippen molar-refractivity contribution in [1.82, 2.24) is 9.80 Å². The summed E-state index contributed by atoms with van der Waals surface area (Å²) in [6, 6.07) is 4.03. The molecule has 0 atom stereocenters. The molecule has 106 valence electrons. The summed E-state index contributed by atoms with van der Waals surface area (Å²) >= 11 is 5.98. The molecule has 0 N–H and O–H groups in total. The van der Waals surface area contributed by atoms with Gasteiger partial charge in [0.25, 0.3) is 5.69 Å².